The molecule has 0 atom stereocenters. The van der Waals surface area contributed by atoms with E-state index in [0.29, 0.717) is 18.8 Å². The first-order valence-electron chi connectivity index (χ1n) is 10.9. The molecule has 0 spiro atoms. The summed E-state index contributed by atoms with van der Waals surface area (Å²) >= 11 is 0. The lowest BCUT2D eigenvalue weighted by atomic mass is 10.1. The third-order valence-electron chi connectivity index (χ3n) is 5.89. The van der Waals surface area contributed by atoms with E-state index in [1.807, 2.05) is 42.5 Å². The number of hydrogen-bond donors (Lipinski definition) is 1. The SMILES string of the molecule is COc1ccc(S(=O)(=O)NCc2ccc3ccccc3c2)cc1C(=O)N1CCCCCC1. The zero-order valence-corrected chi connectivity index (χ0v) is 19.0. The Hall–Kier alpha value is -2.90. The second-order valence-corrected chi connectivity index (χ2v) is 9.84. The molecule has 1 heterocycles. The van der Waals surface area contributed by atoms with Crippen molar-refractivity contribution in [2.75, 3.05) is 20.2 Å². The lowest BCUT2D eigenvalue weighted by Gasteiger charge is -2.22. The van der Waals surface area contributed by atoms with Crippen LogP contribution in [0.15, 0.2) is 65.6 Å². The highest BCUT2D eigenvalue weighted by Crippen LogP contribution is 2.25. The predicted octanol–water partition coefficient (Wildman–Crippen LogP) is 4.34. The summed E-state index contributed by atoms with van der Waals surface area (Å²) in [7, 11) is -2.32. The minimum absolute atomic E-state index is 0.0530. The zero-order valence-electron chi connectivity index (χ0n) is 18.2. The molecule has 0 saturated carbocycles. The third kappa shape index (κ3) is 4.95. The van der Waals surface area contributed by atoms with Crippen LogP contribution in [0.1, 0.15) is 41.6 Å². The maximum atomic E-state index is 13.1. The summed E-state index contributed by atoms with van der Waals surface area (Å²) in [5.74, 6) is 0.197. The van der Waals surface area contributed by atoms with Gasteiger partial charge in [-0.1, -0.05) is 49.2 Å². The van der Waals surface area contributed by atoms with Crippen molar-refractivity contribution in [2.24, 2.45) is 0 Å². The Morgan fingerprint density at radius 1 is 0.938 bits per heavy atom. The number of hydrogen-bond acceptors (Lipinski definition) is 4. The maximum absolute atomic E-state index is 13.1. The van der Waals surface area contributed by atoms with Crippen molar-refractivity contribution in [3.63, 3.8) is 0 Å². The molecule has 1 aliphatic rings. The number of carbonyl (C=O) groups excluding carboxylic acids is 1. The van der Waals surface area contributed by atoms with E-state index < -0.39 is 10.0 Å². The summed E-state index contributed by atoms with van der Waals surface area (Å²) in [6.45, 7) is 1.52. The number of ether oxygens (including phenoxy) is 1. The van der Waals surface area contributed by atoms with Gasteiger partial charge in [-0.2, -0.15) is 0 Å². The van der Waals surface area contributed by atoms with Crippen molar-refractivity contribution in [1.82, 2.24) is 9.62 Å². The number of nitrogens with zero attached hydrogens (tertiary/aromatic N) is 1. The smallest absolute Gasteiger partial charge is 0.257 e. The van der Waals surface area contributed by atoms with Gasteiger partial charge in [-0.25, -0.2) is 13.1 Å². The summed E-state index contributed by atoms with van der Waals surface area (Å²) in [4.78, 5) is 15.0. The minimum Gasteiger partial charge on any atom is -0.496 e. The first-order valence-corrected chi connectivity index (χ1v) is 12.4. The molecule has 7 heteroatoms. The van der Waals surface area contributed by atoms with E-state index in [0.717, 1.165) is 42.0 Å². The first kappa shape index (κ1) is 22.3. The number of likely N-dealkylation sites (tertiary alicyclic amines) is 1. The van der Waals surface area contributed by atoms with Crippen molar-refractivity contribution >= 4 is 26.7 Å². The van der Waals surface area contributed by atoms with Gasteiger partial charge in [-0.05, 0) is 53.4 Å². The van der Waals surface area contributed by atoms with Gasteiger partial charge in [0.05, 0.1) is 17.6 Å². The maximum Gasteiger partial charge on any atom is 0.257 e. The van der Waals surface area contributed by atoms with Gasteiger partial charge in [0.2, 0.25) is 10.0 Å². The quantitative estimate of drug-likeness (QED) is 0.604. The van der Waals surface area contributed by atoms with Crippen LogP contribution in [-0.2, 0) is 16.6 Å². The monoisotopic (exact) mass is 452 g/mol. The number of rotatable bonds is 6. The van der Waals surface area contributed by atoms with Gasteiger partial charge in [0.1, 0.15) is 5.75 Å². The van der Waals surface area contributed by atoms with Crippen LogP contribution in [-0.4, -0.2) is 39.4 Å². The van der Waals surface area contributed by atoms with Crippen molar-refractivity contribution in [3.8, 4) is 5.75 Å². The van der Waals surface area contributed by atoms with Crippen LogP contribution in [0.4, 0.5) is 0 Å². The van der Waals surface area contributed by atoms with Crippen LogP contribution in [0.3, 0.4) is 0 Å². The van der Waals surface area contributed by atoms with Crippen LogP contribution in [0.2, 0.25) is 0 Å². The molecule has 0 radical (unpaired) electrons. The Bertz CT molecular complexity index is 1220. The topological polar surface area (TPSA) is 75.7 Å². The van der Waals surface area contributed by atoms with E-state index in [1.165, 1.54) is 19.2 Å². The van der Waals surface area contributed by atoms with Crippen molar-refractivity contribution in [1.29, 1.82) is 0 Å². The van der Waals surface area contributed by atoms with Crippen LogP contribution < -0.4 is 9.46 Å². The van der Waals surface area contributed by atoms with E-state index in [-0.39, 0.29) is 22.9 Å². The zero-order chi connectivity index (χ0) is 22.6. The first-order chi connectivity index (χ1) is 15.5. The number of amides is 1. The highest BCUT2D eigenvalue weighted by Gasteiger charge is 2.24. The van der Waals surface area contributed by atoms with Crippen LogP contribution >= 0.6 is 0 Å². The molecule has 0 unspecified atom stereocenters. The van der Waals surface area contributed by atoms with Crippen molar-refractivity contribution in [2.45, 2.75) is 37.1 Å². The van der Waals surface area contributed by atoms with Gasteiger partial charge in [-0.3, -0.25) is 4.79 Å². The molecule has 4 rings (SSSR count). The van der Waals surface area contributed by atoms with E-state index in [1.54, 1.807) is 11.0 Å². The van der Waals surface area contributed by atoms with Gasteiger partial charge in [0.25, 0.3) is 5.91 Å². The molecular formula is C25H28N2O4S. The van der Waals surface area contributed by atoms with Crippen LogP contribution in [0.25, 0.3) is 10.8 Å². The molecular weight excluding hydrogens is 424 g/mol. The van der Waals surface area contributed by atoms with E-state index in [4.69, 9.17) is 4.74 Å². The fourth-order valence-corrected chi connectivity index (χ4v) is 5.12. The molecule has 32 heavy (non-hydrogen) atoms. The van der Waals surface area contributed by atoms with E-state index >= 15 is 0 Å². The van der Waals surface area contributed by atoms with Gasteiger partial charge in [0.15, 0.2) is 0 Å². The normalized spacial score (nSPS) is 14.8. The summed E-state index contributed by atoms with van der Waals surface area (Å²) in [6, 6.07) is 18.2. The fourth-order valence-electron chi connectivity index (χ4n) is 4.08. The van der Waals surface area contributed by atoms with Crippen LogP contribution in [0.5, 0.6) is 5.75 Å². The van der Waals surface area contributed by atoms with Gasteiger partial charge >= 0.3 is 0 Å². The number of methoxy groups -OCH3 is 1. The molecule has 6 nitrogen and oxygen atoms in total. The molecule has 1 saturated heterocycles. The van der Waals surface area contributed by atoms with E-state index in [2.05, 4.69) is 4.72 Å². The lowest BCUT2D eigenvalue weighted by Crippen LogP contribution is -2.32. The Morgan fingerprint density at radius 2 is 1.66 bits per heavy atom. The van der Waals surface area contributed by atoms with Gasteiger partial charge in [-0.15, -0.1) is 0 Å². The average molecular weight is 453 g/mol. The Balaban J connectivity index is 1.55. The Morgan fingerprint density at radius 3 is 2.38 bits per heavy atom. The minimum atomic E-state index is -3.81. The molecule has 3 aromatic rings. The summed E-state index contributed by atoms with van der Waals surface area (Å²) in [6.07, 6.45) is 4.13. The largest absolute Gasteiger partial charge is 0.496 e. The highest BCUT2D eigenvalue weighted by molar-refractivity contribution is 7.89. The van der Waals surface area contributed by atoms with Crippen molar-refractivity contribution < 1.29 is 17.9 Å². The number of sulfonamides is 1. The highest BCUT2D eigenvalue weighted by atomic mass is 32.2. The molecule has 1 amide bonds. The molecule has 1 N–H and O–H groups in total. The Kier molecular flexibility index (Phi) is 6.77. The van der Waals surface area contributed by atoms with Crippen molar-refractivity contribution in [3.05, 3.63) is 71.8 Å². The Labute approximate surface area is 189 Å². The summed E-state index contributed by atoms with van der Waals surface area (Å²) < 4.78 is 34.0. The fraction of sp³-hybridized carbons (Fsp3) is 0.320. The molecule has 1 fully saturated rings. The summed E-state index contributed by atoms with van der Waals surface area (Å²) in [5, 5.41) is 2.16. The number of fused-ring (bicyclic) bond motifs is 1. The average Bonchev–Trinajstić information content (AvgIpc) is 3.11. The molecule has 168 valence electrons. The number of benzene rings is 3. The summed E-state index contributed by atoms with van der Waals surface area (Å²) in [5.41, 5.74) is 1.14. The third-order valence-corrected chi connectivity index (χ3v) is 7.28. The van der Waals surface area contributed by atoms with E-state index in [9.17, 15) is 13.2 Å². The molecule has 0 aromatic heterocycles. The standard InChI is InChI=1S/C25H28N2O4S/c1-31-24-13-12-22(17-23(24)25(28)27-14-6-2-3-7-15-27)32(29,30)26-18-19-10-11-20-8-4-5-9-21(20)16-19/h4-5,8-13,16-17,26H,2-3,6-7,14-15,18H2,1H3. The molecule has 0 aliphatic carbocycles. The molecule has 3 aromatic carbocycles. The molecule has 0 bridgehead atoms. The number of nitrogens with one attached hydrogen (secondary N) is 1. The lowest BCUT2D eigenvalue weighted by molar-refractivity contribution is 0.0758. The molecule has 1 aliphatic heterocycles. The second-order valence-electron chi connectivity index (χ2n) is 8.07. The van der Waals surface area contributed by atoms with Gasteiger partial charge < -0.3 is 9.64 Å². The van der Waals surface area contributed by atoms with Gasteiger partial charge in [0, 0.05) is 19.6 Å². The van der Waals surface area contributed by atoms with Crippen LogP contribution in [0, 0.1) is 0 Å². The number of carbonyl (C=O) groups is 1. The second kappa shape index (κ2) is 9.71. The predicted molar refractivity (Wildman–Crippen MR) is 125 cm³/mol.